The van der Waals surface area contributed by atoms with Gasteiger partial charge in [0, 0.05) is 11.8 Å². The molecule has 0 N–H and O–H groups in total. The van der Waals surface area contributed by atoms with Crippen molar-refractivity contribution in [1.29, 1.82) is 0 Å². The Labute approximate surface area is 76.1 Å². The quantitative estimate of drug-likeness (QED) is 0.686. The second-order valence-corrected chi connectivity index (χ2v) is 3.10. The van der Waals surface area contributed by atoms with E-state index in [4.69, 9.17) is 0 Å². The van der Waals surface area contributed by atoms with Crippen molar-refractivity contribution < 1.29 is 22.5 Å². The lowest BCUT2D eigenvalue weighted by molar-refractivity contribution is -0.159. The summed E-state index contributed by atoms with van der Waals surface area (Å²) in [5.41, 5.74) is 0. The number of halogens is 3. The predicted octanol–water partition coefficient (Wildman–Crippen LogP) is 1.39. The van der Waals surface area contributed by atoms with Gasteiger partial charge in [0.1, 0.15) is 6.29 Å². The fourth-order valence-electron chi connectivity index (χ4n) is 1.16. The van der Waals surface area contributed by atoms with E-state index in [0.717, 1.165) is 0 Å². The lowest BCUT2D eigenvalue weighted by Crippen LogP contribution is -2.05. The highest BCUT2D eigenvalue weighted by Crippen LogP contribution is 2.45. The number of carbonyl (C=O) groups excluding carboxylic acids is 1. The monoisotopic (exact) mass is 206 g/mol. The second kappa shape index (κ2) is 2.79. The molecule has 76 valence electrons. The van der Waals surface area contributed by atoms with Crippen molar-refractivity contribution in [3.63, 3.8) is 0 Å². The summed E-state index contributed by atoms with van der Waals surface area (Å²) in [6.45, 7) is 0. The smallest absolute Gasteiger partial charge is 0.329 e. The van der Waals surface area contributed by atoms with Crippen LogP contribution in [0.3, 0.4) is 0 Å². The van der Waals surface area contributed by atoms with Crippen molar-refractivity contribution in [2.24, 2.45) is 5.92 Å². The summed E-state index contributed by atoms with van der Waals surface area (Å²) in [5.74, 6) is -1.94. The van der Waals surface area contributed by atoms with Crippen molar-refractivity contribution in [1.82, 2.24) is 10.1 Å². The highest BCUT2D eigenvalue weighted by atomic mass is 19.4. The Morgan fingerprint density at radius 3 is 2.64 bits per heavy atom. The zero-order valence-electron chi connectivity index (χ0n) is 6.78. The van der Waals surface area contributed by atoms with Crippen molar-refractivity contribution in [3.05, 3.63) is 11.7 Å². The molecule has 0 saturated heterocycles. The Balaban J connectivity index is 2.15. The average molecular weight is 206 g/mol. The first-order valence-electron chi connectivity index (χ1n) is 3.88. The van der Waals surface area contributed by atoms with Crippen LogP contribution in [-0.2, 0) is 11.0 Å². The fourth-order valence-corrected chi connectivity index (χ4v) is 1.16. The van der Waals surface area contributed by atoms with Gasteiger partial charge in [-0.15, -0.1) is 0 Å². The van der Waals surface area contributed by atoms with Gasteiger partial charge < -0.3 is 9.32 Å². The van der Waals surface area contributed by atoms with Gasteiger partial charge in [0.25, 0.3) is 0 Å². The maximum Gasteiger partial charge on any atom is 0.471 e. The van der Waals surface area contributed by atoms with E-state index in [1.54, 1.807) is 0 Å². The molecule has 1 aliphatic carbocycles. The standard InChI is InChI=1S/C7H5F3N2O2/c8-7(9,10)6-11-5(12-14-6)4-1-3(4)2-13/h2-4H,1H2. The summed E-state index contributed by atoms with van der Waals surface area (Å²) in [7, 11) is 0. The summed E-state index contributed by atoms with van der Waals surface area (Å²) in [4.78, 5) is 13.4. The summed E-state index contributed by atoms with van der Waals surface area (Å²) in [5, 5.41) is 3.18. The highest BCUT2D eigenvalue weighted by molar-refractivity contribution is 5.60. The molecular formula is C7H5F3N2O2. The van der Waals surface area contributed by atoms with Crippen LogP contribution in [0.2, 0.25) is 0 Å². The minimum atomic E-state index is -4.61. The third kappa shape index (κ3) is 1.49. The van der Waals surface area contributed by atoms with Gasteiger partial charge in [-0.25, -0.2) is 0 Å². The number of aromatic nitrogens is 2. The molecule has 0 aromatic carbocycles. The predicted molar refractivity (Wildman–Crippen MR) is 36.2 cm³/mol. The minimum Gasteiger partial charge on any atom is -0.329 e. The molecule has 7 heteroatoms. The van der Waals surface area contributed by atoms with Crippen LogP contribution in [0.4, 0.5) is 13.2 Å². The molecule has 2 rings (SSSR count). The zero-order chi connectivity index (χ0) is 10.3. The van der Waals surface area contributed by atoms with E-state index in [1.165, 1.54) is 0 Å². The van der Waals surface area contributed by atoms with Crippen LogP contribution < -0.4 is 0 Å². The van der Waals surface area contributed by atoms with E-state index in [0.29, 0.717) is 12.7 Å². The van der Waals surface area contributed by atoms with Crippen molar-refractivity contribution in [2.75, 3.05) is 0 Å². The Kier molecular flexibility index (Phi) is 1.83. The van der Waals surface area contributed by atoms with Crippen LogP contribution in [-0.4, -0.2) is 16.4 Å². The molecule has 2 atom stereocenters. The van der Waals surface area contributed by atoms with Crippen molar-refractivity contribution in [3.8, 4) is 0 Å². The van der Waals surface area contributed by atoms with E-state index in [2.05, 4.69) is 14.7 Å². The van der Waals surface area contributed by atoms with Crippen LogP contribution in [0.25, 0.3) is 0 Å². The van der Waals surface area contributed by atoms with Gasteiger partial charge in [-0.05, 0) is 6.42 Å². The van der Waals surface area contributed by atoms with Gasteiger partial charge in [0.05, 0.1) is 0 Å². The lowest BCUT2D eigenvalue weighted by Gasteiger charge is -1.95. The highest BCUT2D eigenvalue weighted by Gasteiger charge is 2.45. The second-order valence-electron chi connectivity index (χ2n) is 3.10. The minimum absolute atomic E-state index is 0.0329. The molecular weight excluding hydrogens is 201 g/mol. The number of carbonyl (C=O) groups is 1. The maximum absolute atomic E-state index is 12.0. The SMILES string of the molecule is O=CC1CC1c1noc(C(F)(F)F)n1. The lowest BCUT2D eigenvalue weighted by atomic mass is 10.3. The third-order valence-corrected chi connectivity index (χ3v) is 2.03. The number of aldehydes is 1. The Morgan fingerprint density at radius 1 is 1.50 bits per heavy atom. The van der Waals surface area contributed by atoms with Crippen LogP contribution in [0.15, 0.2) is 4.52 Å². The first-order chi connectivity index (χ1) is 6.52. The number of nitrogens with zero attached hydrogens (tertiary/aromatic N) is 2. The Morgan fingerprint density at radius 2 is 2.21 bits per heavy atom. The van der Waals surface area contributed by atoms with E-state index in [1.807, 2.05) is 0 Å². The topological polar surface area (TPSA) is 56.0 Å². The molecule has 0 amide bonds. The summed E-state index contributed by atoms with van der Waals surface area (Å²) < 4.78 is 40.0. The number of hydrogen-bond acceptors (Lipinski definition) is 4. The van der Waals surface area contributed by atoms with Gasteiger partial charge >= 0.3 is 12.1 Å². The Bertz CT molecular complexity index is 360. The van der Waals surface area contributed by atoms with E-state index in [9.17, 15) is 18.0 Å². The van der Waals surface area contributed by atoms with Crippen LogP contribution >= 0.6 is 0 Å². The first kappa shape index (κ1) is 9.17. The van der Waals surface area contributed by atoms with Crippen LogP contribution in [0.1, 0.15) is 24.1 Å². The average Bonchev–Trinajstić information content (AvgIpc) is 2.71. The van der Waals surface area contributed by atoms with Crippen molar-refractivity contribution in [2.45, 2.75) is 18.5 Å². The van der Waals surface area contributed by atoms with Crippen LogP contribution in [0, 0.1) is 5.92 Å². The maximum atomic E-state index is 12.0. The molecule has 0 spiro atoms. The molecule has 1 aliphatic rings. The van der Waals surface area contributed by atoms with Gasteiger partial charge in [0.2, 0.25) is 0 Å². The molecule has 1 saturated carbocycles. The molecule has 0 bridgehead atoms. The van der Waals surface area contributed by atoms with Gasteiger partial charge in [-0.3, -0.25) is 0 Å². The molecule has 4 nitrogen and oxygen atoms in total. The summed E-state index contributed by atoms with van der Waals surface area (Å²) in [6, 6.07) is 0. The largest absolute Gasteiger partial charge is 0.471 e. The molecule has 1 aromatic heterocycles. The first-order valence-corrected chi connectivity index (χ1v) is 3.88. The number of rotatable bonds is 2. The van der Waals surface area contributed by atoms with Gasteiger partial charge in [0.15, 0.2) is 5.82 Å². The normalized spacial score (nSPS) is 26.2. The van der Waals surface area contributed by atoms with E-state index < -0.39 is 12.1 Å². The Hall–Kier alpha value is -1.40. The molecule has 0 radical (unpaired) electrons. The molecule has 1 aromatic rings. The molecule has 1 heterocycles. The van der Waals surface area contributed by atoms with E-state index >= 15 is 0 Å². The molecule has 1 fully saturated rings. The third-order valence-electron chi connectivity index (χ3n) is 2.03. The number of alkyl halides is 3. The summed E-state index contributed by atoms with van der Waals surface area (Å²) in [6.07, 6.45) is -3.43. The zero-order valence-corrected chi connectivity index (χ0v) is 6.78. The van der Waals surface area contributed by atoms with Crippen LogP contribution in [0.5, 0.6) is 0 Å². The molecule has 14 heavy (non-hydrogen) atoms. The molecule has 2 unspecified atom stereocenters. The summed E-state index contributed by atoms with van der Waals surface area (Å²) >= 11 is 0. The molecule has 0 aliphatic heterocycles. The van der Waals surface area contributed by atoms with Crippen molar-refractivity contribution >= 4 is 6.29 Å². The van der Waals surface area contributed by atoms with Gasteiger partial charge in [-0.1, -0.05) is 5.16 Å². The van der Waals surface area contributed by atoms with E-state index in [-0.39, 0.29) is 17.7 Å². The fraction of sp³-hybridized carbons (Fsp3) is 0.571. The number of hydrogen-bond donors (Lipinski definition) is 0. The van der Waals surface area contributed by atoms with Gasteiger partial charge in [-0.2, -0.15) is 18.2 Å².